The molecule has 1 fully saturated rings. The molecular formula is C21H24N6O2. The lowest BCUT2D eigenvalue weighted by Gasteiger charge is -2.26. The van der Waals surface area contributed by atoms with Gasteiger partial charge in [-0.15, -0.1) is 10.2 Å². The van der Waals surface area contributed by atoms with E-state index in [2.05, 4.69) is 25.6 Å². The van der Waals surface area contributed by atoms with Gasteiger partial charge in [-0.25, -0.2) is 0 Å². The minimum absolute atomic E-state index is 0.00834. The summed E-state index contributed by atoms with van der Waals surface area (Å²) >= 11 is 0. The van der Waals surface area contributed by atoms with Crippen LogP contribution in [0.2, 0.25) is 0 Å². The van der Waals surface area contributed by atoms with E-state index in [1.54, 1.807) is 0 Å². The predicted octanol–water partition coefficient (Wildman–Crippen LogP) is 2.12. The molecule has 0 saturated carbocycles. The molecular weight excluding hydrogens is 368 g/mol. The number of rotatable bonds is 6. The number of hydrogen-bond acceptors (Lipinski definition) is 6. The maximum Gasteiger partial charge on any atom is 0.248 e. The van der Waals surface area contributed by atoms with Crippen LogP contribution in [-0.4, -0.2) is 57.3 Å². The second-order valence-corrected chi connectivity index (χ2v) is 7.09. The summed E-state index contributed by atoms with van der Waals surface area (Å²) in [6.07, 6.45) is 0. The Morgan fingerprint density at radius 3 is 2.62 bits per heavy atom. The van der Waals surface area contributed by atoms with Crippen LogP contribution in [0.3, 0.4) is 0 Å². The molecule has 1 saturated heterocycles. The largest absolute Gasteiger partial charge is 0.379 e. The van der Waals surface area contributed by atoms with Gasteiger partial charge in [0.05, 0.1) is 13.2 Å². The molecule has 4 rings (SSSR count). The molecule has 0 unspecified atom stereocenters. The van der Waals surface area contributed by atoms with Crippen LogP contribution in [0, 0.1) is 6.92 Å². The maximum atomic E-state index is 12.3. The summed E-state index contributed by atoms with van der Waals surface area (Å²) in [5.74, 6) is 0.322. The van der Waals surface area contributed by atoms with Crippen molar-refractivity contribution in [2.24, 2.45) is 0 Å². The monoisotopic (exact) mass is 392 g/mol. The van der Waals surface area contributed by atoms with E-state index >= 15 is 0 Å². The molecule has 8 nitrogen and oxygen atoms in total. The number of hydrogen-bond donors (Lipinski definition) is 1. The average Bonchev–Trinajstić information content (AvgIpc) is 3.18. The molecule has 0 aliphatic carbocycles. The van der Waals surface area contributed by atoms with Crippen molar-refractivity contribution >= 4 is 11.6 Å². The minimum Gasteiger partial charge on any atom is -0.379 e. The van der Waals surface area contributed by atoms with E-state index in [4.69, 9.17) is 4.74 Å². The zero-order valence-corrected chi connectivity index (χ0v) is 16.4. The number of benzene rings is 2. The summed E-state index contributed by atoms with van der Waals surface area (Å²) in [6, 6.07) is 15.7. The highest BCUT2D eigenvalue weighted by Crippen LogP contribution is 2.18. The summed E-state index contributed by atoms with van der Waals surface area (Å²) in [6.45, 7) is 6.37. The van der Waals surface area contributed by atoms with Crippen LogP contribution in [0.1, 0.15) is 11.1 Å². The van der Waals surface area contributed by atoms with Gasteiger partial charge in [0.1, 0.15) is 6.54 Å². The van der Waals surface area contributed by atoms with Crippen LogP contribution < -0.4 is 5.32 Å². The Balaban J connectivity index is 1.32. The SMILES string of the molecule is Cc1ccccc1-c1nnn(CC(=O)Nc2ccc(CN3CCOCC3)cc2)n1. The number of amides is 1. The molecule has 29 heavy (non-hydrogen) atoms. The number of morpholine rings is 1. The predicted molar refractivity (Wildman–Crippen MR) is 109 cm³/mol. The van der Waals surface area contributed by atoms with Gasteiger partial charge in [0, 0.05) is 30.9 Å². The van der Waals surface area contributed by atoms with Crippen LogP contribution in [0.15, 0.2) is 48.5 Å². The first kappa shape index (κ1) is 19.2. The summed E-state index contributed by atoms with van der Waals surface area (Å²) < 4.78 is 5.38. The van der Waals surface area contributed by atoms with Crippen molar-refractivity contribution in [2.75, 3.05) is 31.6 Å². The Kier molecular flexibility index (Phi) is 5.92. The van der Waals surface area contributed by atoms with E-state index in [0.29, 0.717) is 5.82 Å². The van der Waals surface area contributed by atoms with Gasteiger partial charge in [0.25, 0.3) is 0 Å². The van der Waals surface area contributed by atoms with Gasteiger partial charge in [0.2, 0.25) is 11.7 Å². The van der Waals surface area contributed by atoms with Gasteiger partial charge >= 0.3 is 0 Å². The standard InChI is InChI=1S/C21H24N6O2/c1-16-4-2-3-5-19(16)21-23-25-27(24-21)15-20(28)22-18-8-6-17(7-9-18)14-26-10-12-29-13-11-26/h2-9H,10-15H2,1H3,(H,22,28). The number of carbonyl (C=O) groups excluding carboxylic acids is 1. The Morgan fingerprint density at radius 1 is 1.10 bits per heavy atom. The Hall–Kier alpha value is -3.10. The molecule has 2 aromatic carbocycles. The highest BCUT2D eigenvalue weighted by Gasteiger charge is 2.12. The number of anilines is 1. The topological polar surface area (TPSA) is 85.2 Å². The Morgan fingerprint density at radius 2 is 1.86 bits per heavy atom. The fraction of sp³-hybridized carbons (Fsp3) is 0.333. The zero-order chi connectivity index (χ0) is 20.1. The minimum atomic E-state index is -0.195. The highest BCUT2D eigenvalue weighted by atomic mass is 16.5. The lowest BCUT2D eigenvalue weighted by atomic mass is 10.1. The second kappa shape index (κ2) is 8.93. The number of ether oxygens (including phenoxy) is 1. The lowest BCUT2D eigenvalue weighted by molar-refractivity contribution is -0.117. The summed E-state index contributed by atoms with van der Waals surface area (Å²) in [5.41, 5.74) is 3.94. The van der Waals surface area contributed by atoms with Crippen LogP contribution in [-0.2, 0) is 22.6 Å². The second-order valence-electron chi connectivity index (χ2n) is 7.09. The van der Waals surface area contributed by atoms with E-state index < -0.39 is 0 Å². The molecule has 0 bridgehead atoms. The number of nitrogens with zero attached hydrogens (tertiary/aromatic N) is 5. The quantitative estimate of drug-likeness (QED) is 0.692. The van der Waals surface area contributed by atoms with Gasteiger partial charge in [-0.3, -0.25) is 9.69 Å². The van der Waals surface area contributed by atoms with Crippen LogP contribution in [0.5, 0.6) is 0 Å². The van der Waals surface area contributed by atoms with Crippen LogP contribution >= 0.6 is 0 Å². The highest BCUT2D eigenvalue weighted by molar-refractivity contribution is 5.90. The number of aromatic nitrogens is 4. The number of aryl methyl sites for hydroxylation is 1. The maximum absolute atomic E-state index is 12.3. The molecule has 2 heterocycles. The molecule has 0 radical (unpaired) electrons. The molecule has 0 spiro atoms. The van der Waals surface area contributed by atoms with E-state index in [1.165, 1.54) is 10.4 Å². The van der Waals surface area contributed by atoms with Gasteiger partial charge in [-0.2, -0.15) is 4.80 Å². The first-order valence-corrected chi connectivity index (χ1v) is 9.70. The van der Waals surface area contributed by atoms with Crippen molar-refractivity contribution in [3.8, 4) is 11.4 Å². The fourth-order valence-electron chi connectivity index (χ4n) is 3.28. The Bertz CT molecular complexity index is 963. The molecule has 1 aliphatic rings. The third kappa shape index (κ3) is 5.04. The van der Waals surface area contributed by atoms with Crippen molar-refractivity contribution in [3.05, 3.63) is 59.7 Å². The van der Waals surface area contributed by atoms with Gasteiger partial charge in [-0.05, 0) is 35.4 Å². The normalized spacial score (nSPS) is 14.7. The molecule has 1 aliphatic heterocycles. The van der Waals surface area contributed by atoms with E-state index in [-0.39, 0.29) is 12.5 Å². The summed E-state index contributed by atoms with van der Waals surface area (Å²) in [5, 5.41) is 15.3. The first-order chi connectivity index (χ1) is 14.2. The summed E-state index contributed by atoms with van der Waals surface area (Å²) in [4.78, 5) is 16.0. The van der Waals surface area contributed by atoms with E-state index in [1.807, 2.05) is 55.5 Å². The van der Waals surface area contributed by atoms with Crippen molar-refractivity contribution in [1.29, 1.82) is 0 Å². The Labute approximate surface area is 169 Å². The number of nitrogens with one attached hydrogen (secondary N) is 1. The molecule has 3 aromatic rings. The lowest BCUT2D eigenvalue weighted by Crippen LogP contribution is -2.35. The zero-order valence-electron chi connectivity index (χ0n) is 16.4. The van der Waals surface area contributed by atoms with Crippen molar-refractivity contribution in [2.45, 2.75) is 20.0 Å². The van der Waals surface area contributed by atoms with Gasteiger partial charge in [-0.1, -0.05) is 36.4 Å². The average molecular weight is 392 g/mol. The fourth-order valence-corrected chi connectivity index (χ4v) is 3.28. The van der Waals surface area contributed by atoms with Crippen LogP contribution in [0.4, 0.5) is 5.69 Å². The molecule has 150 valence electrons. The van der Waals surface area contributed by atoms with E-state index in [0.717, 1.165) is 49.7 Å². The van der Waals surface area contributed by atoms with Crippen molar-refractivity contribution < 1.29 is 9.53 Å². The van der Waals surface area contributed by atoms with Crippen molar-refractivity contribution in [1.82, 2.24) is 25.1 Å². The number of tetrazole rings is 1. The number of carbonyl (C=O) groups is 1. The first-order valence-electron chi connectivity index (χ1n) is 9.70. The van der Waals surface area contributed by atoms with Gasteiger partial charge < -0.3 is 10.1 Å². The molecule has 8 heteroatoms. The third-order valence-electron chi connectivity index (χ3n) is 4.87. The molecule has 1 aromatic heterocycles. The van der Waals surface area contributed by atoms with E-state index in [9.17, 15) is 4.79 Å². The summed E-state index contributed by atoms with van der Waals surface area (Å²) in [7, 11) is 0. The smallest absolute Gasteiger partial charge is 0.248 e. The molecule has 1 amide bonds. The molecule has 1 N–H and O–H groups in total. The third-order valence-corrected chi connectivity index (χ3v) is 4.87. The van der Waals surface area contributed by atoms with Crippen molar-refractivity contribution in [3.63, 3.8) is 0 Å². The van der Waals surface area contributed by atoms with Gasteiger partial charge in [0.15, 0.2) is 0 Å². The molecule has 0 atom stereocenters. The van der Waals surface area contributed by atoms with Crippen LogP contribution in [0.25, 0.3) is 11.4 Å².